The number of nitrogens with two attached hydrogens (primary N) is 1. The van der Waals surface area contributed by atoms with Gasteiger partial charge in [-0.25, -0.2) is 0 Å². The number of aromatic nitrogens is 1. The van der Waals surface area contributed by atoms with Crippen molar-refractivity contribution in [2.24, 2.45) is 5.84 Å². The van der Waals surface area contributed by atoms with Gasteiger partial charge in [-0.3, -0.25) is 16.3 Å². The van der Waals surface area contributed by atoms with Crippen molar-refractivity contribution in [2.45, 2.75) is 12.5 Å². The number of ether oxygens (including phenoxy) is 1. The quantitative estimate of drug-likeness (QED) is 0.603. The Morgan fingerprint density at radius 3 is 3.06 bits per heavy atom. The van der Waals surface area contributed by atoms with Gasteiger partial charge in [0.2, 0.25) is 0 Å². The molecule has 2 rings (SSSR count). The first-order valence-electron chi connectivity index (χ1n) is 5.30. The van der Waals surface area contributed by atoms with Crippen molar-refractivity contribution in [1.29, 1.82) is 0 Å². The van der Waals surface area contributed by atoms with Crippen LogP contribution in [0, 0.1) is 0 Å². The highest BCUT2D eigenvalue weighted by Crippen LogP contribution is 2.26. The molecule has 0 aliphatic rings. The maximum atomic E-state index is 5.59. The highest BCUT2D eigenvalue weighted by atomic mass is 16.5. The van der Waals surface area contributed by atoms with Crippen molar-refractivity contribution in [3.63, 3.8) is 0 Å². The molecule has 0 aliphatic heterocycles. The Labute approximate surface area is 99.6 Å². The lowest BCUT2D eigenvalue weighted by molar-refractivity contribution is 0.397. The van der Waals surface area contributed by atoms with Crippen LogP contribution in [0.4, 0.5) is 0 Å². The summed E-state index contributed by atoms with van der Waals surface area (Å²) in [5, 5.41) is 0. The van der Waals surface area contributed by atoms with Crippen molar-refractivity contribution in [3.8, 4) is 5.75 Å². The normalized spacial score (nSPS) is 12.4. The van der Waals surface area contributed by atoms with Crippen molar-refractivity contribution in [1.82, 2.24) is 10.4 Å². The zero-order valence-corrected chi connectivity index (χ0v) is 9.59. The molecule has 0 aliphatic carbocycles. The van der Waals surface area contributed by atoms with Gasteiger partial charge in [0, 0.05) is 11.8 Å². The summed E-state index contributed by atoms with van der Waals surface area (Å²) in [7, 11) is 1.62. The first kappa shape index (κ1) is 11.6. The summed E-state index contributed by atoms with van der Waals surface area (Å²) in [6.45, 7) is 0. The second-order valence-electron chi connectivity index (χ2n) is 3.67. The summed E-state index contributed by atoms with van der Waals surface area (Å²) in [5.74, 6) is 6.31. The van der Waals surface area contributed by atoms with Crippen molar-refractivity contribution >= 4 is 0 Å². The molecule has 0 radical (unpaired) electrons. The number of rotatable bonds is 5. The Morgan fingerprint density at radius 1 is 1.53 bits per heavy atom. The Balaban J connectivity index is 2.22. The van der Waals surface area contributed by atoms with Gasteiger partial charge in [-0.05, 0) is 24.1 Å². The first-order chi connectivity index (χ1) is 8.35. The molecule has 0 aromatic carbocycles. The number of hydrazine groups is 1. The maximum absolute atomic E-state index is 5.59. The molecule has 0 spiro atoms. The fourth-order valence-corrected chi connectivity index (χ4v) is 1.75. The van der Waals surface area contributed by atoms with E-state index in [4.69, 9.17) is 15.0 Å². The van der Waals surface area contributed by atoms with E-state index in [1.54, 1.807) is 32.0 Å². The fourth-order valence-electron chi connectivity index (χ4n) is 1.75. The van der Waals surface area contributed by atoms with Crippen LogP contribution < -0.4 is 16.0 Å². The smallest absolute Gasteiger partial charge is 0.141 e. The van der Waals surface area contributed by atoms with Crippen LogP contribution in [-0.4, -0.2) is 12.1 Å². The highest BCUT2D eigenvalue weighted by molar-refractivity contribution is 5.33. The van der Waals surface area contributed by atoms with Crippen LogP contribution >= 0.6 is 0 Å². The van der Waals surface area contributed by atoms with E-state index in [0.717, 1.165) is 23.3 Å². The minimum Gasteiger partial charge on any atom is -0.495 e. The molecule has 0 bridgehead atoms. The SMILES string of the molecule is COc1cnccc1C(Cc1ccoc1)NN. The second-order valence-corrected chi connectivity index (χ2v) is 3.67. The number of pyridine rings is 1. The number of furan rings is 1. The summed E-state index contributed by atoms with van der Waals surface area (Å²) in [6, 6.07) is 3.77. The number of hydrogen-bond acceptors (Lipinski definition) is 5. The molecule has 2 aromatic heterocycles. The highest BCUT2D eigenvalue weighted by Gasteiger charge is 2.15. The van der Waals surface area contributed by atoms with Gasteiger partial charge in [0.1, 0.15) is 5.75 Å². The average molecular weight is 233 g/mol. The van der Waals surface area contributed by atoms with Gasteiger partial charge in [0.05, 0.1) is 31.9 Å². The molecule has 0 saturated carbocycles. The molecular formula is C12H15N3O2. The molecule has 0 amide bonds. The molecule has 17 heavy (non-hydrogen) atoms. The van der Waals surface area contributed by atoms with Crippen molar-refractivity contribution in [3.05, 3.63) is 48.2 Å². The van der Waals surface area contributed by atoms with Gasteiger partial charge in [-0.15, -0.1) is 0 Å². The number of nitrogens with one attached hydrogen (secondary N) is 1. The van der Waals surface area contributed by atoms with E-state index in [1.807, 2.05) is 12.1 Å². The summed E-state index contributed by atoms with van der Waals surface area (Å²) < 4.78 is 10.3. The second kappa shape index (κ2) is 5.47. The molecule has 2 heterocycles. The molecule has 2 aromatic rings. The van der Waals surface area contributed by atoms with E-state index in [1.165, 1.54) is 0 Å². The third kappa shape index (κ3) is 2.64. The summed E-state index contributed by atoms with van der Waals surface area (Å²) in [5.41, 5.74) is 4.84. The lowest BCUT2D eigenvalue weighted by atomic mass is 10.0. The Hall–Kier alpha value is -1.85. The van der Waals surface area contributed by atoms with E-state index in [2.05, 4.69) is 10.4 Å². The predicted octanol–water partition coefficient (Wildman–Crippen LogP) is 1.43. The van der Waals surface area contributed by atoms with Gasteiger partial charge in [0.25, 0.3) is 0 Å². The topological polar surface area (TPSA) is 73.3 Å². The number of nitrogens with zero attached hydrogens (tertiary/aromatic N) is 1. The van der Waals surface area contributed by atoms with Crippen LogP contribution in [0.15, 0.2) is 41.5 Å². The van der Waals surface area contributed by atoms with Crippen molar-refractivity contribution < 1.29 is 9.15 Å². The van der Waals surface area contributed by atoms with Crippen LogP contribution in [0.1, 0.15) is 17.2 Å². The van der Waals surface area contributed by atoms with Gasteiger partial charge < -0.3 is 9.15 Å². The largest absolute Gasteiger partial charge is 0.495 e. The average Bonchev–Trinajstić information content (AvgIpc) is 2.89. The molecule has 3 N–H and O–H groups in total. The van der Waals surface area contributed by atoms with Crippen LogP contribution in [-0.2, 0) is 6.42 Å². The van der Waals surface area contributed by atoms with Crippen LogP contribution in [0.25, 0.3) is 0 Å². The molecule has 1 unspecified atom stereocenters. The summed E-state index contributed by atoms with van der Waals surface area (Å²) in [4.78, 5) is 4.02. The molecule has 5 nitrogen and oxygen atoms in total. The van der Waals surface area contributed by atoms with Gasteiger partial charge in [-0.2, -0.15) is 0 Å². The summed E-state index contributed by atoms with van der Waals surface area (Å²) in [6.07, 6.45) is 7.48. The first-order valence-corrected chi connectivity index (χ1v) is 5.30. The predicted molar refractivity (Wildman–Crippen MR) is 63.3 cm³/mol. The number of methoxy groups -OCH3 is 1. The lowest BCUT2D eigenvalue weighted by Crippen LogP contribution is -2.29. The molecule has 1 atom stereocenters. The third-order valence-corrected chi connectivity index (χ3v) is 2.63. The van der Waals surface area contributed by atoms with E-state index in [0.29, 0.717) is 0 Å². The van der Waals surface area contributed by atoms with Gasteiger partial charge in [-0.1, -0.05) is 0 Å². The van der Waals surface area contributed by atoms with Crippen LogP contribution in [0.5, 0.6) is 5.75 Å². The molecule has 5 heteroatoms. The fraction of sp³-hybridized carbons (Fsp3) is 0.250. The Kier molecular flexibility index (Phi) is 3.74. The standard InChI is InChI=1S/C12H15N3O2/c1-16-12-7-14-4-2-10(12)11(15-13)6-9-3-5-17-8-9/h2-5,7-8,11,15H,6,13H2,1H3. The summed E-state index contributed by atoms with van der Waals surface area (Å²) >= 11 is 0. The molecule has 0 fully saturated rings. The van der Waals surface area contributed by atoms with Crippen molar-refractivity contribution in [2.75, 3.05) is 7.11 Å². The zero-order chi connectivity index (χ0) is 12.1. The Bertz CT molecular complexity index is 457. The van der Waals surface area contributed by atoms with Gasteiger partial charge >= 0.3 is 0 Å². The lowest BCUT2D eigenvalue weighted by Gasteiger charge is -2.17. The molecular weight excluding hydrogens is 218 g/mol. The Morgan fingerprint density at radius 2 is 2.41 bits per heavy atom. The van der Waals surface area contributed by atoms with Crippen LogP contribution in [0.2, 0.25) is 0 Å². The van der Waals surface area contributed by atoms with Gasteiger partial charge in [0.15, 0.2) is 0 Å². The third-order valence-electron chi connectivity index (χ3n) is 2.63. The number of hydrogen-bond donors (Lipinski definition) is 2. The van der Waals surface area contributed by atoms with E-state index in [-0.39, 0.29) is 6.04 Å². The maximum Gasteiger partial charge on any atom is 0.141 e. The van der Waals surface area contributed by atoms with E-state index >= 15 is 0 Å². The molecule has 90 valence electrons. The van der Waals surface area contributed by atoms with E-state index in [9.17, 15) is 0 Å². The monoisotopic (exact) mass is 233 g/mol. The van der Waals surface area contributed by atoms with E-state index < -0.39 is 0 Å². The minimum absolute atomic E-state index is 0.0365. The zero-order valence-electron chi connectivity index (χ0n) is 9.59. The van der Waals surface area contributed by atoms with Crippen LogP contribution in [0.3, 0.4) is 0 Å². The molecule has 0 saturated heterocycles. The minimum atomic E-state index is -0.0365.